The van der Waals surface area contributed by atoms with E-state index >= 15 is 0 Å². The van der Waals surface area contributed by atoms with E-state index in [2.05, 4.69) is 0 Å². The zero-order valence-electron chi connectivity index (χ0n) is 15.5. The van der Waals surface area contributed by atoms with Crippen molar-refractivity contribution in [3.8, 4) is 5.75 Å². The highest BCUT2D eigenvalue weighted by atomic mass is 32.2. The van der Waals surface area contributed by atoms with Gasteiger partial charge in [-0.1, -0.05) is 37.3 Å². The van der Waals surface area contributed by atoms with E-state index in [-0.39, 0.29) is 17.1 Å². The lowest BCUT2D eigenvalue weighted by molar-refractivity contribution is 0.0521. The largest absolute Gasteiger partial charge is 0.496 e. The molecule has 1 unspecified atom stereocenters. The average Bonchev–Trinajstić information content (AvgIpc) is 2.66. The summed E-state index contributed by atoms with van der Waals surface area (Å²) in [5.74, 6) is -0.205. The molecule has 0 fully saturated rings. The van der Waals surface area contributed by atoms with Crippen LogP contribution in [-0.2, 0) is 21.0 Å². The molecule has 0 aromatic heterocycles. The number of hydrogen-bond acceptors (Lipinski definition) is 5. The molecule has 0 aliphatic rings. The third-order valence-electron chi connectivity index (χ3n) is 4.31. The molecule has 5 nitrogen and oxygen atoms in total. The maximum Gasteiger partial charge on any atom is 0.342 e. The van der Waals surface area contributed by atoms with Gasteiger partial charge in [0, 0.05) is 0 Å². The lowest BCUT2D eigenvalue weighted by atomic mass is 9.98. The van der Waals surface area contributed by atoms with Crippen LogP contribution in [0.4, 0.5) is 0 Å². The highest BCUT2D eigenvalue weighted by molar-refractivity contribution is 7.91. The second kappa shape index (κ2) is 8.36. The number of hydrogen-bond donors (Lipinski definition) is 0. The molecule has 6 heteroatoms. The van der Waals surface area contributed by atoms with Crippen LogP contribution in [-0.4, -0.2) is 28.1 Å². The number of ether oxygens (including phenoxy) is 2. The second-order valence-corrected chi connectivity index (χ2v) is 8.07. The smallest absolute Gasteiger partial charge is 0.342 e. The molecule has 0 aliphatic carbocycles. The van der Waals surface area contributed by atoms with Gasteiger partial charge in [0.2, 0.25) is 0 Å². The van der Waals surface area contributed by atoms with Crippen LogP contribution in [0.5, 0.6) is 5.75 Å². The molecule has 0 amide bonds. The number of benzene rings is 2. The van der Waals surface area contributed by atoms with Gasteiger partial charge >= 0.3 is 5.97 Å². The van der Waals surface area contributed by atoms with Gasteiger partial charge in [0.15, 0.2) is 9.84 Å². The predicted octanol–water partition coefficient (Wildman–Crippen LogP) is 3.97. The van der Waals surface area contributed by atoms with E-state index in [1.165, 1.54) is 7.11 Å². The molecule has 140 valence electrons. The molecule has 0 N–H and O–H groups in total. The first kappa shape index (κ1) is 20.0. The Labute approximate surface area is 154 Å². The minimum Gasteiger partial charge on any atom is -0.496 e. The van der Waals surface area contributed by atoms with Crippen LogP contribution in [0, 0.1) is 0 Å². The predicted molar refractivity (Wildman–Crippen MR) is 100 cm³/mol. The summed E-state index contributed by atoms with van der Waals surface area (Å²) >= 11 is 0. The van der Waals surface area contributed by atoms with Crippen molar-refractivity contribution in [1.29, 1.82) is 0 Å². The summed E-state index contributed by atoms with van der Waals surface area (Å²) in [6.45, 7) is 5.41. The van der Waals surface area contributed by atoms with Crippen molar-refractivity contribution in [3.05, 3.63) is 59.2 Å². The zero-order valence-corrected chi connectivity index (χ0v) is 16.3. The molecule has 26 heavy (non-hydrogen) atoms. The first-order valence-electron chi connectivity index (χ1n) is 8.54. The Hall–Kier alpha value is -2.34. The third kappa shape index (κ3) is 3.75. The Morgan fingerprint density at radius 1 is 1.08 bits per heavy atom. The van der Waals surface area contributed by atoms with E-state index in [9.17, 15) is 13.2 Å². The average molecular weight is 376 g/mol. The number of rotatable bonds is 7. The lowest BCUT2D eigenvalue weighted by Crippen LogP contribution is -2.17. The maximum absolute atomic E-state index is 13.0. The van der Waals surface area contributed by atoms with Gasteiger partial charge < -0.3 is 9.47 Å². The number of methoxy groups -OCH3 is 1. The highest BCUT2D eigenvalue weighted by Gasteiger charge is 2.31. The standard InChI is InChI=1S/C20H24O5S/c1-5-15-12-13-17(18(19(15)24-4)20(21)25-6-2)14(3)26(22,23)16-10-8-7-9-11-16/h7-14H,5-6H2,1-4H3. The quantitative estimate of drug-likeness (QED) is 0.684. The van der Waals surface area contributed by atoms with Crippen LogP contribution in [0.2, 0.25) is 0 Å². The van der Waals surface area contributed by atoms with Crippen molar-refractivity contribution in [2.75, 3.05) is 13.7 Å². The molecule has 0 aliphatic heterocycles. The molecule has 0 saturated carbocycles. The minimum atomic E-state index is -3.67. The molecular formula is C20H24O5S. The first-order chi connectivity index (χ1) is 12.4. The summed E-state index contributed by atoms with van der Waals surface area (Å²) in [5, 5.41) is -0.927. The van der Waals surface area contributed by atoms with Crippen LogP contribution >= 0.6 is 0 Å². The van der Waals surface area contributed by atoms with Crippen LogP contribution in [0.25, 0.3) is 0 Å². The Bertz CT molecular complexity index is 873. The SMILES string of the molecule is CCOC(=O)c1c(C(C)S(=O)(=O)c2ccccc2)ccc(CC)c1OC. The van der Waals surface area contributed by atoms with Crippen molar-refractivity contribution < 1.29 is 22.7 Å². The Balaban J connectivity index is 2.66. The van der Waals surface area contributed by atoms with Gasteiger partial charge in [-0.15, -0.1) is 0 Å². The van der Waals surface area contributed by atoms with Gasteiger partial charge in [-0.2, -0.15) is 0 Å². The van der Waals surface area contributed by atoms with E-state index in [0.29, 0.717) is 17.7 Å². The molecule has 0 radical (unpaired) electrons. The Morgan fingerprint density at radius 3 is 2.27 bits per heavy atom. The summed E-state index contributed by atoms with van der Waals surface area (Å²) < 4.78 is 36.7. The molecule has 0 bridgehead atoms. The van der Waals surface area contributed by atoms with Gasteiger partial charge in [-0.25, -0.2) is 13.2 Å². The van der Waals surface area contributed by atoms with Crippen LogP contribution in [0.15, 0.2) is 47.4 Å². The van der Waals surface area contributed by atoms with Crippen molar-refractivity contribution in [2.24, 2.45) is 0 Å². The lowest BCUT2D eigenvalue weighted by Gasteiger charge is -2.20. The summed E-state index contributed by atoms with van der Waals surface area (Å²) in [6.07, 6.45) is 0.648. The fourth-order valence-corrected chi connectivity index (χ4v) is 4.36. The fraction of sp³-hybridized carbons (Fsp3) is 0.350. The van der Waals surface area contributed by atoms with Crippen LogP contribution in [0.3, 0.4) is 0 Å². The zero-order chi connectivity index (χ0) is 19.3. The molecule has 0 heterocycles. The van der Waals surface area contributed by atoms with E-state index in [1.54, 1.807) is 56.3 Å². The van der Waals surface area contributed by atoms with Crippen molar-refractivity contribution in [2.45, 2.75) is 37.3 Å². The Morgan fingerprint density at radius 2 is 1.73 bits per heavy atom. The fourth-order valence-electron chi connectivity index (χ4n) is 2.89. The monoisotopic (exact) mass is 376 g/mol. The van der Waals surface area contributed by atoms with Crippen molar-refractivity contribution in [3.63, 3.8) is 0 Å². The van der Waals surface area contributed by atoms with Gasteiger partial charge in [0.1, 0.15) is 11.3 Å². The molecular weight excluding hydrogens is 352 g/mol. The molecule has 1 atom stereocenters. The summed E-state index contributed by atoms with van der Waals surface area (Å²) in [6, 6.07) is 11.7. The molecule has 0 spiro atoms. The number of sulfone groups is 1. The van der Waals surface area contributed by atoms with Crippen molar-refractivity contribution >= 4 is 15.8 Å². The molecule has 0 saturated heterocycles. The number of carbonyl (C=O) groups excluding carboxylic acids is 1. The van der Waals surface area contributed by atoms with Crippen LogP contribution in [0.1, 0.15) is 47.5 Å². The van der Waals surface area contributed by atoms with E-state index in [0.717, 1.165) is 5.56 Å². The van der Waals surface area contributed by atoms with E-state index in [4.69, 9.17) is 9.47 Å². The van der Waals surface area contributed by atoms with E-state index in [1.807, 2.05) is 6.92 Å². The molecule has 2 rings (SSSR count). The normalized spacial score (nSPS) is 12.5. The topological polar surface area (TPSA) is 69.7 Å². The van der Waals surface area contributed by atoms with Gasteiger partial charge in [-0.3, -0.25) is 0 Å². The van der Waals surface area contributed by atoms with Crippen molar-refractivity contribution in [1.82, 2.24) is 0 Å². The summed E-state index contributed by atoms with van der Waals surface area (Å²) in [5.41, 5.74) is 1.38. The molecule has 2 aromatic carbocycles. The highest BCUT2D eigenvalue weighted by Crippen LogP contribution is 2.37. The van der Waals surface area contributed by atoms with Gasteiger partial charge in [0.05, 0.1) is 23.9 Å². The van der Waals surface area contributed by atoms with Gasteiger partial charge in [-0.05, 0) is 43.5 Å². The third-order valence-corrected chi connectivity index (χ3v) is 6.43. The van der Waals surface area contributed by atoms with Gasteiger partial charge in [0.25, 0.3) is 0 Å². The van der Waals surface area contributed by atoms with E-state index < -0.39 is 21.1 Å². The number of aryl methyl sites for hydroxylation is 1. The summed E-state index contributed by atoms with van der Waals surface area (Å²) in [4.78, 5) is 12.8. The first-order valence-corrected chi connectivity index (χ1v) is 10.1. The Kier molecular flexibility index (Phi) is 6.42. The minimum absolute atomic E-state index is 0.181. The number of esters is 1. The number of carbonyl (C=O) groups is 1. The molecule has 2 aromatic rings. The van der Waals surface area contributed by atoms with Crippen LogP contribution < -0.4 is 4.74 Å². The maximum atomic E-state index is 13.0. The second-order valence-electron chi connectivity index (χ2n) is 5.80. The summed E-state index contributed by atoms with van der Waals surface area (Å²) in [7, 11) is -2.20.